The number of hydrogen-bond acceptors (Lipinski definition) is 3. The fourth-order valence-electron chi connectivity index (χ4n) is 2.15. The van der Waals surface area contributed by atoms with Gasteiger partial charge in [-0.1, -0.05) is 42.8 Å². The van der Waals surface area contributed by atoms with Crippen LogP contribution < -0.4 is 10.1 Å². The summed E-state index contributed by atoms with van der Waals surface area (Å²) in [4.78, 5) is 12.2. The zero-order valence-electron chi connectivity index (χ0n) is 14.0. The Morgan fingerprint density at radius 1 is 1.24 bits per heavy atom. The standard InChI is InChI=1S/C19H21ClFNO2S/c1-2-17(24-18-6-4-3-5-16(18)21)19(23)22-11-12-25-13-14-7-9-15(20)10-8-14/h3-10,17H,2,11-13H2,1H3,(H,22,23)/t17-/m0/s1. The normalized spacial score (nSPS) is 11.8. The summed E-state index contributed by atoms with van der Waals surface area (Å²) in [6.45, 7) is 2.37. The van der Waals surface area contributed by atoms with E-state index in [1.165, 1.54) is 17.7 Å². The van der Waals surface area contributed by atoms with Gasteiger partial charge in [0, 0.05) is 23.1 Å². The Labute approximate surface area is 156 Å². The summed E-state index contributed by atoms with van der Waals surface area (Å²) in [5, 5.41) is 3.56. The average molecular weight is 382 g/mol. The molecular weight excluding hydrogens is 361 g/mol. The minimum atomic E-state index is -0.696. The zero-order chi connectivity index (χ0) is 18.1. The number of benzene rings is 2. The summed E-state index contributed by atoms with van der Waals surface area (Å²) in [5.74, 6) is 1.05. The van der Waals surface area contributed by atoms with E-state index in [4.69, 9.17) is 16.3 Å². The third-order valence-electron chi connectivity index (χ3n) is 3.50. The van der Waals surface area contributed by atoms with E-state index in [0.717, 1.165) is 16.5 Å². The van der Waals surface area contributed by atoms with Crippen LogP contribution in [0.15, 0.2) is 48.5 Å². The van der Waals surface area contributed by atoms with Gasteiger partial charge in [0.2, 0.25) is 0 Å². The van der Waals surface area contributed by atoms with Crippen LogP contribution in [0.1, 0.15) is 18.9 Å². The molecule has 0 saturated carbocycles. The molecule has 0 bridgehead atoms. The Bertz CT molecular complexity index is 681. The number of carbonyl (C=O) groups is 1. The molecule has 0 unspecified atom stereocenters. The second kappa shape index (κ2) is 10.3. The van der Waals surface area contributed by atoms with Crippen molar-refractivity contribution in [2.75, 3.05) is 12.3 Å². The average Bonchev–Trinajstić information content (AvgIpc) is 2.62. The van der Waals surface area contributed by atoms with Crippen molar-refractivity contribution in [1.82, 2.24) is 5.32 Å². The van der Waals surface area contributed by atoms with Gasteiger partial charge in [-0.25, -0.2) is 4.39 Å². The van der Waals surface area contributed by atoms with E-state index in [2.05, 4.69) is 5.32 Å². The summed E-state index contributed by atoms with van der Waals surface area (Å²) in [6.07, 6.45) is -0.226. The molecule has 0 spiro atoms. The quantitative estimate of drug-likeness (QED) is 0.640. The SMILES string of the molecule is CC[C@H](Oc1ccccc1F)C(=O)NCCSCc1ccc(Cl)cc1. The van der Waals surface area contributed by atoms with Crippen molar-refractivity contribution >= 4 is 29.3 Å². The molecule has 0 radical (unpaired) electrons. The highest BCUT2D eigenvalue weighted by molar-refractivity contribution is 7.98. The van der Waals surface area contributed by atoms with Crippen molar-refractivity contribution in [2.45, 2.75) is 25.2 Å². The summed E-state index contributed by atoms with van der Waals surface area (Å²) in [6, 6.07) is 13.8. The topological polar surface area (TPSA) is 38.3 Å². The molecule has 3 nitrogen and oxygen atoms in total. The number of rotatable bonds is 9. The second-order valence-corrected chi connectivity index (χ2v) is 6.96. The minimum Gasteiger partial charge on any atom is -0.478 e. The summed E-state index contributed by atoms with van der Waals surface area (Å²) in [5.41, 5.74) is 1.19. The first-order valence-electron chi connectivity index (χ1n) is 8.11. The molecule has 134 valence electrons. The third-order valence-corrected chi connectivity index (χ3v) is 4.78. The Hall–Kier alpha value is -1.72. The molecule has 0 fully saturated rings. The minimum absolute atomic E-state index is 0.0987. The molecule has 0 saturated heterocycles. The van der Waals surface area contributed by atoms with Gasteiger partial charge >= 0.3 is 0 Å². The molecular formula is C19H21ClFNO2S. The molecule has 0 aliphatic heterocycles. The predicted octanol–water partition coefficient (Wildman–Crippen LogP) is 4.69. The maximum Gasteiger partial charge on any atom is 0.261 e. The molecule has 0 aromatic heterocycles. The van der Waals surface area contributed by atoms with Gasteiger partial charge in [-0.05, 0) is 36.2 Å². The maximum atomic E-state index is 13.6. The number of halogens is 2. The van der Waals surface area contributed by atoms with E-state index in [9.17, 15) is 9.18 Å². The predicted molar refractivity (Wildman–Crippen MR) is 102 cm³/mol. The van der Waals surface area contributed by atoms with Crippen molar-refractivity contribution in [3.8, 4) is 5.75 Å². The van der Waals surface area contributed by atoms with Crippen molar-refractivity contribution in [1.29, 1.82) is 0 Å². The largest absolute Gasteiger partial charge is 0.478 e. The number of ether oxygens (including phenoxy) is 1. The fraction of sp³-hybridized carbons (Fsp3) is 0.316. The Kier molecular flexibility index (Phi) is 8.09. The van der Waals surface area contributed by atoms with Crippen LogP contribution in [0.25, 0.3) is 0 Å². The van der Waals surface area contributed by atoms with E-state index in [0.29, 0.717) is 13.0 Å². The van der Waals surface area contributed by atoms with Crippen LogP contribution in [-0.2, 0) is 10.5 Å². The van der Waals surface area contributed by atoms with E-state index in [-0.39, 0.29) is 11.7 Å². The van der Waals surface area contributed by atoms with E-state index < -0.39 is 11.9 Å². The molecule has 2 rings (SSSR count). The number of hydrogen-bond donors (Lipinski definition) is 1. The number of nitrogens with one attached hydrogen (secondary N) is 1. The van der Waals surface area contributed by atoms with Crippen LogP contribution >= 0.6 is 23.4 Å². The van der Waals surface area contributed by atoms with Crippen LogP contribution in [0, 0.1) is 5.82 Å². The van der Waals surface area contributed by atoms with Crippen molar-refractivity contribution < 1.29 is 13.9 Å². The van der Waals surface area contributed by atoms with E-state index in [1.807, 2.05) is 31.2 Å². The highest BCUT2D eigenvalue weighted by Gasteiger charge is 2.19. The maximum absolute atomic E-state index is 13.6. The Morgan fingerprint density at radius 2 is 1.96 bits per heavy atom. The third kappa shape index (κ3) is 6.59. The molecule has 1 atom stereocenters. The fourth-order valence-corrected chi connectivity index (χ4v) is 3.09. The van der Waals surface area contributed by atoms with Gasteiger partial charge < -0.3 is 10.1 Å². The van der Waals surface area contributed by atoms with E-state index in [1.54, 1.807) is 23.9 Å². The van der Waals surface area contributed by atoms with E-state index >= 15 is 0 Å². The van der Waals surface area contributed by atoms with Crippen LogP contribution in [0.4, 0.5) is 4.39 Å². The molecule has 6 heteroatoms. The number of thioether (sulfide) groups is 1. The summed E-state index contributed by atoms with van der Waals surface area (Å²) < 4.78 is 19.1. The van der Waals surface area contributed by atoms with Crippen molar-refractivity contribution in [3.63, 3.8) is 0 Å². The lowest BCUT2D eigenvalue weighted by Gasteiger charge is -2.17. The zero-order valence-corrected chi connectivity index (χ0v) is 15.6. The monoisotopic (exact) mass is 381 g/mol. The highest BCUT2D eigenvalue weighted by atomic mass is 35.5. The van der Waals surface area contributed by atoms with Gasteiger partial charge in [-0.3, -0.25) is 4.79 Å². The van der Waals surface area contributed by atoms with Gasteiger partial charge in [-0.2, -0.15) is 11.8 Å². The lowest BCUT2D eigenvalue weighted by Crippen LogP contribution is -2.39. The molecule has 0 heterocycles. The van der Waals surface area contributed by atoms with Gasteiger partial charge in [0.15, 0.2) is 17.7 Å². The lowest BCUT2D eigenvalue weighted by atomic mass is 10.2. The van der Waals surface area contributed by atoms with Gasteiger partial charge in [-0.15, -0.1) is 0 Å². The molecule has 0 aliphatic rings. The Balaban J connectivity index is 1.71. The lowest BCUT2D eigenvalue weighted by molar-refractivity contribution is -0.128. The molecule has 2 aromatic rings. The van der Waals surface area contributed by atoms with Crippen LogP contribution in [0.3, 0.4) is 0 Å². The van der Waals surface area contributed by atoms with Gasteiger partial charge in [0.1, 0.15) is 0 Å². The molecule has 1 amide bonds. The Morgan fingerprint density at radius 3 is 2.64 bits per heavy atom. The summed E-state index contributed by atoms with van der Waals surface area (Å²) in [7, 11) is 0. The highest BCUT2D eigenvalue weighted by Crippen LogP contribution is 2.18. The number of carbonyl (C=O) groups excluding carboxylic acids is 1. The first-order valence-corrected chi connectivity index (χ1v) is 9.64. The number of para-hydroxylation sites is 1. The van der Waals surface area contributed by atoms with Gasteiger partial charge in [0.25, 0.3) is 5.91 Å². The van der Waals surface area contributed by atoms with Crippen LogP contribution in [-0.4, -0.2) is 24.3 Å². The van der Waals surface area contributed by atoms with Crippen molar-refractivity contribution in [3.05, 3.63) is 64.9 Å². The van der Waals surface area contributed by atoms with Crippen LogP contribution in [0.2, 0.25) is 5.02 Å². The molecule has 0 aliphatic carbocycles. The number of amides is 1. The summed E-state index contributed by atoms with van der Waals surface area (Å²) >= 11 is 7.57. The van der Waals surface area contributed by atoms with Crippen molar-refractivity contribution in [2.24, 2.45) is 0 Å². The van der Waals surface area contributed by atoms with Gasteiger partial charge in [0.05, 0.1) is 0 Å². The first kappa shape index (κ1) is 19.6. The molecule has 1 N–H and O–H groups in total. The first-order chi connectivity index (χ1) is 12.1. The second-order valence-electron chi connectivity index (χ2n) is 5.42. The van der Waals surface area contributed by atoms with Crippen LogP contribution in [0.5, 0.6) is 5.75 Å². The smallest absolute Gasteiger partial charge is 0.261 e. The molecule has 2 aromatic carbocycles. The molecule has 25 heavy (non-hydrogen) atoms.